The van der Waals surface area contributed by atoms with Gasteiger partial charge in [-0.15, -0.1) is 0 Å². The standard InChI is InChI=1S/C19H20N2O4/c1-12(22)21-16(13-8-9-18(24-2)19(10-13)25-3)11-15(20-21)14-6-4-5-7-17(14)23/h4-10,16,23H,11H2,1-3H3. The summed E-state index contributed by atoms with van der Waals surface area (Å²) in [6.07, 6.45) is 0.507. The van der Waals surface area contributed by atoms with Crippen LogP contribution >= 0.6 is 0 Å². The van der Waals surface area contributed by atoms with Crippen LogP contribution in [0.5, 0.6) is 17.2 Å². The molecule has 1 heterocycles. The van der Waals surface area contributed by atoms with Crippen LogP contribution in [0.4, 0.5) is 0 Å². The number of phenols is 1. The van der Waals surface area contributed by atoms with Gasteiger partial charge in [-0.25, -0.2) is 5.01 Å². The van der Waals surface area contributed by atoms with Crippen molar-refractivity contribution in [1.82, 2.24) is 5.01 Å². The summed E-state index contributed by atoms with van der Waals surface area (Å²) in [6, 6.07) is 12.3. The number of hydrogen-bond acceptors (Lipinski definition) is 5. The van der Waals surface area contributed by atoms with Crippen LogP contribution in [-0.2, 0) is 4.79 Å². The number of aromatic hydroxyl groups is 1. The Morgan fingerprint density at radius 2 is 1.88 bits per heavy atom. The van der Waals surface area contributed by atoms with Crippen molar-refractivity contribution >= 4 is 11.6 Å². The predicted molar refractivity (Wildman–Crippen MR) is 94.1 cm³/mol. The third-order valence-corrected chi connectivity index (χ3v) is 4.24. The van der Waals surface area contributed by atoms with Crippen LogP contribution in [0.3, 0.4) is 0 Å². The fourth-order valence-corrected chi connectivity index (χ4v) is 3.00. The maximum absolute atomic E-state index is 12.1. The molecule has 0 saturated carbocycles. The van der Waals surface area contributed by atoms with Gasteiger partial charge in [-0.1, -0.05) is 18.2 Å². The molecule has 0 bridgehead atoms. The minimum absolute atomic E-state index is 0.151. The van der Waals surface area contributed by atoms with Crippen molar-refractivity contribution in [1.29, 1.82) is 0 Å². The molecule has 0 radical (unpaired) electrons. The summed E-state index contributed by atoms with van der Waals surface area (Å²) in [5.74, 6) is 1.21. The highest BCUT2D eigenvalue weighted by Crippen LogP contribution is 2.38. The smallest absolute Gasteiger partial charge is 0.240 e. The van der Waals surface area contributed by atoms with Gasteiger partial charge in [-0.05, 0) is 29.8 Å². The Morgan fingerprint density at radius 3 is 2.52 bits per heavy atom. The molecule has 0 aromatic heterocycles. The van der Waals surface area contributed by atoms with E-state index in [0.717, 1.165) is 5.56 Å². The lowest BCUT2D eigenvalue weighted by atomic mass is 9.97. The zero-order chi connectivity index (χ0) is 18.0. The largest absolute Gasteiger partial charge is 0.507 e. The van der Waals surface area contributed by atoms with E-state index in [1.807, 2.05) is 24.3 Å². The number of phenolic OH excluding ortho intramolecular Hbond substituents is 1. The van der Waals surface area contributed by atoms with Gasteiger partial charge in [-0.2, -0.15) is 5.10 Å². The Morgan fingerprint density at radius 1 is 1.16 bits per heavy atom. The van der Waals surface area contributed by atoms with Gasteiger partial charge >= 0.3 is 0 Å². The van der Waals surface area contributed by atoms with Gasteiger partial charge < -0.3 is 14.6 Å². The quantitative estimate of drug-likeness (QED) is 0.928. The SMILES string of the molecule is COc1ccc(C2CC(c3ccccc3O)=NN2C(C)=O)cc1OC. The minimum atomic E-state index is -0.257. The molecule has 1 aliphatic heterocycles. The third kappa shape index (κ3) is 3.15. The lowest BCUT2D eigenvalue weighted by Gasteiger charge is -2.21. The first-order chi connectivity index (χ1) is 12.0. The molecule has 0 saturated heterocycles. The van der Waals surface area contributed by atoms with E-state index in [4.69, 9.17) is 9.47 Å². The van der Waals surface area contributed by atoms with Gasteiger partial charge in [0.05, 0.1) is 26.0 Å². The van der Waals surface area contributed by atoms with E-state index in [9.17, 15) is 9.90 Å². The normalized spacial score (nSPS) is 16.5. The number of methoxy groups -OCH3 is 2. The molecule has 25 heavy (non-hydrogen) atoms. The van der Waals surface area contributed by atoms with E-state index in [2.05, 4.69) is 5.10 Å². The number of carbonyl (C=O) groups is 1. The van der Waals surface area contributed by atoms with Crippen molar-refractivity contribution in [3.8, 4) is 17.2 Å². The Kier molecular flexibility index (Phi) is 4.61. The van der Waals surface area contributed by atoms with Crippen molar-refractivity contribution < 1.29 is 19.4 Å². The van der Waals surface area contributed by atoms with Gasteiger partial charge in [0.2, 0.25) is 5.91 Å². The first kappa shape index (κ1) is 16.8. The summed E-state index contributed by atoms with van der Waals surface area (Å²) in [4.78, 5) is 12.1. The van der Waals surface area contributed by atoms with E-state index in [0.29, 0.717) is 29.2 Å². The molecule has 0 spiro atoms. The third-order valence-electron chi connectivity index (χ3n) is 4.24. The maximum Gasteiger partial charge on any atom is 0.240 e. The average Bonchev–Trinajstić information content (AvgIpc) is 3.07. The van der Waals surface area contributed by atoms with E-state index in [1.165, 1.54) is 11.9 Å². The Hall–Kier alpha value is -3.02. The maximum atomic E-state index is 12.1. The van der Waals surface area contributed by atoms with Gasteiger partial charge in [0, 0.05) is 18.9 Å². The number of para-hydroxylation sites is 1. The van der Waals surface area contributed by atoms with Crippen molar-refractivity contribution in [2.75, 3.05) is 14.2 Å². The summed E-state index contributed by atoms with van der Waals surface area (Å²) in [5.41, 5.74) is 2.20. The van der Waals surface area contributed by atoms with Crippen LogP contribution in [-0.4, -0.2) is 36.0 Å². The zero-order valence-corrected chi connectivity index (χ0v) is 14.4. The van der Waals surface area contributed by atoms with Crippen molar-refractivity contribution in [3.05, 3.63) is 53.6 Å². The molecule has 130 valence electrons. The van der Waals surface area contributed by atoms with Crippen LogP contribution in [0.2, 0.25) is 0 Å². The predicted octanol–water partition coefficient (Wildman–Crippen LogP) is 3.11. The summed E-state index contributed by atoms with van der Waals surface area (Å²) in [6.45, 7) is 1.48. The summed E-state index contributed by atoms with van der Waals surface area (Å²) in [5, 5.41) is 16.0. The van der Waals surface area contributed by atoms with Crippen LogP contribution in [0.25, 0.3) is 0 Å². The van der Waals surface area contributed by atoms with Gasteiger partial charge in [-0.3, -0.25) is 4.79 Å². The van der Waals surface area contributed by atoms with Crippen LogP contribution in [0.15, 0.2) is 47.6 Å². The summed E-state index contributed by atoms with van der Waals surface area (Å²) in [7, 11) is 3.15. The lowest BCUT2D eigenvalue weighted by molar-refractivity contribution is -0.130. The number of benzene rings is 2. The molecule has 1 amide bonds. The zero-order valence-electron chi connectivity index (χ0n) is 14.4. The van der Waals surface area contributed by atoms with Crippen LogP contribution in [0.1, 0.15) is 30.5 Å². The summed E-state index contributed by atoms with van der Waals surface area (Å²) < 4.78 is 10.6. The number of hydrazone groups is 1. The lowest BCUT2D eigenvalue weighted by Crippen LogP contribution is -2.24. The van der Waals surface area contributed by atoms with Crippen LogP contribution < -0.4 is 9.47 Å². The number of amides is 1. The molecule has 1 N–H and O–H groups in total. The highest BCUT2D eigenvalue weighted by molar-refractivity contribution is 6.05. The number of carbonyl (C=O) groups excluding carboxylic acids is 1. The van der Waals surface area contributed by atoms with Gasteiger partial charge in [0.25, 0.3) is 0 Å². The molecule has 1 aliphatic rings. The summed E-state index contributed by atoms with van der Waals surface area (Å²) >= 11 is 0. The topological polar surface area (TPSA) is 71.4 Å². The fourth-order valence-electron chi connectivity index (χ4n) is 3.00. The van der Waals surface area contributed by atoms with Gasteiger partial charge in [0.15, 0.2) is 11.5 Å². The number of rotatable bonds is 4. The highest BCUT2D eigenvalue weighted by atomic mass is 16.5. The molecular formula is C19H20N2O4. The van der Waals surface area contributed by atoms with E-state index < -0.39 is 0 Å². The van der Waals surface area contributed by atoms with Gasteiger partial charge in [0.1, 0.15) is 5.75 Å². The highest BCUT2D eigenvalue weighted by Gasteiger charge is 2.32. The second-order valence-corrected chi connectivity index (χ2v) is 5.76. The monoisotopic (exact) mass is 340 g/mol. The minimum Gasteiger partial charge on any atom is -0.507 e. The molecule has 2 aromatic rings. The van der Waals surface area contributed by atoms with E-state index in [1.54, 1.807) is 32.4 Å². The number of ether oxygens (including phenoxy) is 2. The average molecular weight is 340 g/mol. The second-order valence-electron chi connectivity index (χ2n) is 5.76. The van der Waals surface area contributed by atoms with Crippen molar-refractivity contribution in [3.63, 3.8) is 0 Å². The molecule has 1 unspecified atom stereocenters. The molecule has 1 atom stereocenters. The molecule has 2 aromatic carbocycles. The Bertz CT molecular complexity index is 832. The molecule has 0 aliphatic carbocycles. The molecule has 6 nitrogen and oxygen atoms in total. The van der Waals surface area contributed by atoms with Crippen LogP contribution in [0, 0.1) is 0 Å². The van der Waals surface area contributed by atoms with Crippen molar-refractivity contribution in [2.24, 2.45) is 5.10 Å². The molecule has 3 rings (SSSR count). The Balaban J connectivity index is 1.98. The number of nitrogens with zero attached hydrogens (tertiary/aromatic N) is 2. The first-order valence-electron chi connectivity index (χ1n) is 7.92. The molecule has 6 heteroatoms. The molecule has 0 fully saturated rings. The number of hydrogen-bond donors (Lipinski definition) is 1. The van der Waals surface area contributed by atoms with E-state index >= 15 is 0 Å². The fraction of sp³-hybridized carbons (Fsp3) is 0.263. The Labute approximate surface area is 146 Å². The second kappa shape index (κ2) is 6.84. The first-order valence-corrected chi connectivity index (χ1v) is 7.92. The van der Waals surface area contributed by atoms with Crippen molar-refractivity contribution in [2.45, 2.75) is 19.4 Å². The van der Waals surface area contributed by atoms with E-state index in [-0.39, 0.29) is 17.7 Å². The molecular weight excluding hydrogens is 320 g/mol.